The molecule has 0 aromatic carbocycles. The summed E-state index contributed by atoms with van der Waals surface area (Å²) < 4.78 is 6.80. The third-order valence-electron chi connectivity index (χ3n) is 2.04. The molecule has 0 unspecified atom stereocenters. The maximum atomic E-state index is 11.6. The first kappa shape index (κ1) is 12.2. The van der Waals surface area contributed by atoms with Crippen LogP contribution in [0.25, 0.3) is 0 Å². The van der Waals surface area contributed by atoms with Gasteiger partial charge in [0.25, 0.3) is 5.56 Å². The summed E-state index contributed by atoms with van der Waals surface area (Å²) in [6, 6.07) is 1.33. The van der Waals surface area contributed by atoms with Crippen LogP contribution in [0.2, 0.25) is 5.15 Å². The van der Waals surface area contributed by atoms with Crippen molar-refractivity contribution in [3.63, 3.8) is 0 Å². The van der Waals surface area contributed by atoms with Gasteiger partial charge in [0.05, 0.1) is 13.2 Å². The van der Waals surface area contributed by atoms with E-state index in [-0.39, 0.29) is 10.7 Å². The molecule has 0 saturated carbocycles. The van der Waals surface area contributed by atoms with Crippen molar-refractivity contribution in [3.8, 4) is 0 Å². The lowest BCUT2D eigenvalue weighted by atomic mass is 10.4. The number of aryl methyl sites for hydroxylation is 1. The molecular formula is C10H15ClN2O2. The highest BCUT2D eigenvalue weighted by atomic mass is 35.5. The van der Waals surface area contributed by atoms with E-state index in [0.29, 0.717) is 32.0 Å². The minimum atomic E-state index is -0.119. The largest absolute Gasteiger partial charge is 0.380 e. The van der Waals surface area contributed by atoms with E-state index in [2.05, 4.69) is 4.98 Å². The molecule has 15 heavy (non-hydrogen) atoms. The molecule has 0 N–H and O–H groups in total. The van der Waals surface area contributed by atoms with Gasteiger partial charge in [-0.25, -0.2) is 4.98 Å². The van der Waals surface area contributed by atoms with Crippen molar-refractivity contribution in [2.24, 2.45) is 0 Å². The lowest BCUT2D eigenvalue weighted by Gasteiger charge is -2.10. The second kappa shape index (κ2) is 5.88. The molecular weight excluding hydrogens is 216 g/mol. The second-order valence-corrected chi connectivity index (χ2v) is 3.42. The highest BCUT2D eigenvalue weighted by Crippen LogP contribution is 2.02. The average Bonchev–Trinajstić information content (AvgIpc) is 2.20. The van der Waals surface area contributed by atoms with Crippen LogP contribution < -0.4 is 5.56 Å². The SMILES string of the molecule is CCOCCn1c(CC)nc(Cl)cc1=O. The minimum Gasteiger partial charge on any atom is -0.380 e. The van der Waals surface area contributed by atoms with Crippen molar-refractivity contribution in [1.29, 1.82) is 0 Å². The zero-order valence-electron chi connectivity index (χ0n) is 8.99. The first-order chi connectivity index (χ1) is 7.19. The maximum Gasteiger partial charge on any atom is 0.255 e. The lowest BCUT2D eigenvalue weighted by Crippen LogP contribution is -2.26. The molecule has 1 aromatic rings. The first-order valence-electron chi connectivity index (χ1n) is 5.03. The molecule has 1 rings (SSSR count). The lowest BCUT2D eigenvalue weighted by molar-refractivity contribution is 0.137. The summed E-state index contributed by atoms with van der Waals surface area (Å²) >= 11 is 5.71. The van der Waals surface area contributed by atoms with Crippen molar-refractivity contribution in [3.05, 3.63) is 27.4 Å². The number of halogens is 1. The van der Waals surface area contributed by atoms with Crippen LogP contribution in [0.5, 0.6) is 0 Å². The predicted molar refractivity (Wildman–Crippen MR) is 59.4 cm³/mol. The van der Waals surface area contributed by atoms with Gasteiger partial charge in [-0.2, -0.15) is 0 Å². The molecule has 84 valence electrons. The van der Waals surface area contributed by atoms with Gasteiger partial charge in [-0.15, -0.1) is 0 Å². The minimum absolute atomic E-state index is 0.119. The fourth-order valence-electron chi connectivity index (χ4n) is 1.33. The molecule has 0 fully saturated rings. The Kier molecular flexibility index (Phi) is 4.78. The van der Waals surface area contributed by atoms with Crippen molar-refractivity contribution in [2.45, 2.75) is 26.8 Å². The van der Waals surface area contributed by atoms with Crippen LogP contribution in [0.4, 0.5) is 0 Å². The maximum absolute atomic E-state index is 11.6. The number of nitrogens with zero attached hydrogens (tertiary/aromatic N) is 2. The van der Waals surface area contributed by atoms with E-state index in [1.54, 1.807) is 4.57 Å². The molecule has 0 aliphatic carbocycles. The van der Waals surface area contributed by atoms with Gasteiger partial charge in [-0.1, -0.05) is 18.5 Å². The molecule has 0 amide bonds. The third kappa shape index (κ3) is 3.32. The van der Waals surface area contributed by atoms with Crippen LogP contribution in [-0.2, 0) is 17.7 Å². The Morgan fingerprint density at radius 2 is 2.27 bits per heavy atom. The Morgan fingerprint density at radius 3 is 2.87 bits per heavy atom. The topological polar surface area (TPSA) is 44.1 Å². The van der Waals surface area contributed by atoms with Gasteiger partial charge < -0.3 is 4.74 Å². The summed E-state index contributed by atoms with van der Waals surface area (Å²) in [5.74, 6) is 0.701. The molecule has 0 bridgehead atoms. The molecule has 0 aliphatic rings. The van der Waals surface area contributed by atoms with E-state index in [1.165, 1.54) is 6.07 Å². The zero-order valence-corrected chi connectivity index (χ0v) is 9.75. The Bertz CT molecular complexity index is 376. The number of aromatic nitrogens is 2. The molecule has 0 spiro atoms. The third-order valence-corrected chi connectivity index (χ3v) is 2.23. The van der Waals surface area contributed by atoms with Gasteiger partial charge in [0.2, 0.25) is 0 Å². The van der Waals surface area contributed by atoms with E-state index in [0.717, 1.165) is 0 Å². The Balaban J connectivity index is 2.89. The van der Waals surface area contributed by atoms with E-state index >= 15 is 0 Å². The van der Waals surface area contributed by atoms with E-state index < -0.39 is 0 Å². The summed E-state index contributed by atoms with van der Waals surface area (Å²) in [6.45, 7) is 5.56. The quantitative estimate of drug-likeness (QED) is 0.569. The van der Waals surface area contributed by atoms with Crippen LogP contribution >= 0.6 is 11.6 Å². The fraction of sp³-hybridized carbons (Fsp3) is 0.600. The van der Waals surface area contributed by atoms with Crippen LogP contribution in [0.3, 0.4) is 0 Å². The van der Waals surface area contributed by atoms with Gasteiger partial charge in [0.15, 0.2) is 0 Å². The molecule has 0 saturated heterocycles. The van der Waals surface area contributed by atoms with Crippen molar-refractivity contribution in [1.82, 2.24) is 9.55 Å². The highest BCUT2D eigenvalue weighted by Gasteiger charge is 2.05. The highest BCUT2D eigenvalue weighted by molar-refractivity contribution is 6.29. The molecule has 0 aliphatic heterocycles. The fourth-order valence-corrected chi connectivity index (χ4v) is 1.52. The standard InChI is InChI=1S/C10H15ClN2O2/c1-3-9-12-8(11)7-10(14)13(9)5-6-15-4-2/h7H,3-6H2,1-2H3. The van der Waals surface area contributed by atoms with Crippen LogP contribution in [-0.4, -0.2) is 22.8 Å². The van der Waals surface area contributed by atoms with Crippen LogP contribution in [0.15, 0.2) is 10.9 Å². The Hall–Kier alpha value is -0.870. The van der Waals surface area contributed by atoms with Gasteiger partial charge in [0.1, 0.15) is 11.0 Å². The van der Waals surface area contributed by atoms with E-state index in [1.807, 2.05) is 13.8 Å². The normalized spacial score (nSPS) is 10.6. The summed E-state index contributed by atoms with van der Waals surface area (Å²) in [7, 11) is 0. The van der Waals surface area contributed by atoms with Crippen molar-refractivity contribution >= 4 is 11.6 Å². The first-order valence-corrected chi connectivity index (χ1v) is 5.40. The van der Waals surface area contributed by atoms with E-state index in [4.69, 9.17) is 16.3 Å². The summed E-state index contributed by atoms with van der Waals surface area (Å²) in [5.41, 5.74) is -0.119. The summed E-state index contributed by atoms with van der Waals surface area (Å²) in [5, 5.41) is 0.254. The molecule has 5 heteroatoms. The smallest absolute Gasteiger partial charge is 0.255 e. The average molecular weight is 231 g/mol. The van der Waals surface area contributed by atoms with Crippen LogP contribution in [0.1, 0.15) is 19.7 Å². The van der Waals surface area contributed by atoms with Crippen molar-refractivity contribution in [2.75, 3.05) is 13.2 Å². The van der Waals surface area contributed by atoms with E-state index in [9.17, 15) is 4.79 Å². The monoisotopic (exact) mass is 230 g/mol. The summed E-state index contributed by atoms with van der Waals surface area (Å²) in [6.07, 6.45) is 0.682. The van der Waals surface area contributed by atoms with Gasteiger partial charge in [-0.05, 0) is 6.92 Å². The van der Waals surface area contributed by atoms with Gasteiger partial charge >= 0.3 is 0 Å². The Labute approximate surface area is 93.8 Å². The van der Waals surface area contributed by atoms with Crippen LogP contribution in [0, 0.1) is 0 Å². The number of rotatable bonds is 5. The second-order valence-electron chi connectivity index (χ2n) is 3.04. The number of ether oxygens (including phenoxy) is 1. The predicted octanol–water partition coefficient (Wildman–Crippen LogP) is 1.50. The van der Waals surface area contributed by atoms with Crippen molar-refractivity contribution < 1.29 is 4.74 Å². The molecule has 0 radical (unpaired) electrons. The number of hydrogen-bond donors (Lipinski definition) is 0. The van der Waals surface area contributed by atoms with Gasteiger partial charge in [-0.3, -0.25) is 9.36 Å². The molecule has 0 atom stereocenters. The Morgan fingerprint density at radius 1 is 1.53 bits per heavy atom. The summed E-state index contributed by atoms with van der Waals surface area (Å²) in [4.78, 5) is 15.7. The molecule has 1 aromatic heterocycles. The molecule has 1 heterocycles. The number of hydrogen-bond acceptors (Lipinski definition) is 3. The molecule has 4 nitrogen and oxygen atoms in total. The zero-order chi connectivity index (χ0) is 11.3. The van der Waals surface area contributed by atoms with Gasteiger partial charge in [0, 0.05) is 19.1 Å².